The summed E-state index contributed by atoms with van der Waals surface area (Å²) in [5.41, 5.74) is 1.58. The van der Waals surface area contributed by atoms with Gasteiger partial charge in [-0.25, -0.2) is 17.9 Å². The van der Waals surface area contributed by atoms with E-state index in [1.165, 1.54) is 54.6 Å². The Morgan fingerprint density at radius 3 is 2.12 bits per heavy atom. The predicted octanol–water partition coefficient (Wildman–Crippen LogP) is 4.76. The maximum Gasteiger partial charge on any atom is 0.333 e. The zero-order chi connectivity index (χ0) is 23.1. The Bertz CT molecular complexity index is 1240. The molecule has 0 fully saturated rings. The summed E-state index contributed by atoms with van der Waals surface area (Å²) >= 11 is 5.74. The van der Waals surface area contributed by atoms with Gasteiger partial charge >= 0.3 is 6.03 Å². The highest BCUT2D eigenvalue weighted by Gasteiger charge is 2.17. The SMILES string of the molecule is COc1ccc(/C=C/C(=O)c2ccc(NC(=O)NS(=O)(=O)c3ccc(Cl)cc3)cc2)cc1. The Morgan fingerprint density at radius 2 is 1.53 bits per heavy atom. The molecule has 0 heterocycles. The van der Waals surface area contributed by atoms with E-state index in [2.05, 4.69) is 5.32 Å². The fourth-order valence-corrected chi connectivity index (χ4v) is 3.69. The van der Waals surface area contributed by atoms with Crippen molar-refractivity contribution in [3.05, 3.63) is 95.0 Å². The van der Waals surface area contributed by atoms with Crippen LogP contribution in [0.4, 0.5) is 10.5 Å². The normalized spacial score (nSPS) is 11.2. The van der Waals surface area contributed by atoms with Gasteiger partial charge in [-0.3, -0.25) is 4.79 Å². The third kappa shape index (κ3) is 6.19. The highest BCUT2D eigenvalue weighted by atomic mass is 35.5. The number of hydrogen-bond acceptors (Lipinski definition) is 5. The summed E-state index contributed by atoms with van der Waals surface area (Å²) < 4.78 is 31.5. The first kappa shape index (κ1) is 23.1. The van der Waals surface area contributed by atoms with Crippen LogP contribution in [0.25, 0.3) is 6.08 Å². The fraction of sp³-hybridized carbons (Fsp3) is 0.0435. The van der Waals surface area contributed by atoms with E-state index in [1.54, 1.807) is 25.3 Å². The number of carbonyl (C=O) groups excluding carboxylic acids is 2. The van der Waals surface area contributed by atoms with Crippen LogP contribution >= 0.6 is 11.6 Å². The molecule has 164 valence electrons. The van der Waals surface area contributed by atoms with Gasteiger partial charge in [0.2, 0.25) is 0 Å². The average Bonchev–Trinajstić information content (AvgIpc) is 2.78. The second-order valence-corrected chi connectivity index (χ2v) is 8.68. The molecule has 0 aliphatic rings. The molecule has 9 heteroatoms. The molecular weight excluding hydrogens is 452 g/mol. The molecule has 3 aromatic carbocycles. The van der Waals surface area contributed by atoms with Crippen LogP contribution in [-0.4, -0.2) is 27.3 Å². The first-order chi connectivity index (χ1) is 15.3. The largest absolute Gasteiger partial charge is 0.497 e. The number of hydrogen-bond donors (Lipinski definition) is 2. The van der Waals surface area contributed by atoms with E-state index >= 15 is 0 Å². The molecule has 3 aromatic rings. The number of benzene rings is 3. The van der Waals surface area contributed by atoms with E-state index in [1.807, 2.05) is 16.9 Å². The number of urea groups is 1. The number of allylic oxidation sites excluding steroid dienone is 1. The molecule has 0 atom stereocenters. The average molecular weight is 471 g/mol. The number of sulfonamides is 1. The van der Waals surface area contributed by atoms with Gasteiger partial charge in [0.25, 0.3) is 10.0 Å². The van der Waals surface area contributed by atoms with Crippen LogP contribution in [0, 0.1) is 0 Å². The minimum Gasteiger partial charge on any atom is -0.497 e. The summed E-state index contributed by atoms with van der Waals surface area (Å²) in [5.74, 6) is 0.503. The van der Waals surface area contributed by atoms with Gasteiger partial charge in [0, 0.05) is 16.3 Å². The second-order valence-electron chi connectivity index (χ2n) is 6.56. The summed E-state index contributed by atoms with van der Waals surface area (Å²) in [6.45, 7) is 0. The third-order valence-corrected chi connectivity index (χ3v) is 5.92. The third-order valence-electron chi connectivity index (χ3n) is 4.32. The molecule has 0 aliphatic heterocycles. The van der Waals surface area contributed by atoms with Crippen molar-refractivity contribution in [3.63, 3.8) is 0 Å². The Kier molecular flexibility index (Phi) is 7.29. The predicted molar refractivity (Wildman–Crippen MR) is 124 cm³/mol. The maximum absolute atomic E-state index is 12.3. The molecule has 32 heavy (non-hydrogen) atoms. The number of carbonyl (C=O) groups is 2. The molecule has 2 amide bonds. The highest BCUT2D eigenvalue weighted by molar-refractivity contribution is 7.90. The van der Waals surface area contributed by atoms with Crippen molar-refractivity contribution in [2.45, 2.75) is 4.90 Å². The maximum atomic E-state index is 12.3. The van der Waals surface area contributed by atoms with Gasteiger partial charge < -0.3 is 10.1 Å². The lowest BCUT2D eigenvalue weighted by Crippen LogP contribution is -2.34. The van der Waals surface area contributed by atoms with Crippen LogP contribution in [-0.2, 0) is 10.0 Å². The molecule has 0 bridgehead atoms. The number of halogens is 1. The first-order valence-electron chi connectivity index (χ1n) is 9.33. The lowest BCUT2D eigenvalue weighted by Gasteiger charge is -2.09. The van der Waals surface area contributed by atoms with Crippen LogP contribution in [0.15, 0.2) is 83.8 Å². The van der Waals surface area contributed by atoms with Gasteiger partial charge in [-0.05, 0) is 72.3 Å². The molecule has 3 rings (SSSR count). The zero-order valence-corrected chi connectivity index (χ0v) is 18.5. The Hall–Kier alpha value is -3.62. The van der Waals surface area contributed by atoms with Gasteiger partial charge in [0.05, 0.1) is 12.0 Å². The van der Waals surface area contributed by atoms with Crippen molar-refractivity contribution < 1.29 is 22.7 Å². The van der Waals surface area contributed by atoms with Crippen molar-refractivity contribution in [2.24, 2.45) is 0 Å². The van der Waals surface area contributed by atoms with Crippen molar-refractivity contribution in [1.82, 2.24) is 4.72 Å². The molecule has 0 spiro atoms. The highest BCUT2D eigenvalue weighted by Crippen LogP contribution is 2.16. The van der Waals surface area contributed by atoms with E-state index in [0.29, 0.717) is 16.3 Å². The minimum absolute atomic E-state index is 0.0957. The molecular formula is C23H19ClN2O5S. The number of nitrogens with one attached hydrogen (secondary N) is 2. The van der Waals surface area contributed by atoms with Gasteiger partial charge in [-0.2, -0.15) is 0 Å². The van der Waals surface area contributed by atoms with Crippen molar-refractivity contribution in [3.8, 4) is 5.75 Å². The van der Waals surface area contributed by atoms with E-state index in [0.717, 1.165) is 11.3 Å². The molecule has 0 saturated carbocycles. The van der Waals surface area contributed by atoms with Gasteiger partial charge in [-0.1, -0.05) is 29.8 Å². The number of ketones is 1. The number of methoxy groups -OCH3 is 1. The Labute approximate surface area is 190 Å². The summed E-state index contributed by atoms with van der Waals surface area (Å²) in [4.78, 5) is 24.3. The van der Waals surface area contributed by atoms with Crippen LogP contribution in [0.5, 0.6) is 5.75 Å². The van der Waals surface area contributed by atoms with Crippen molar-refractivity contribution >= 4 is 45.2 Å². The first-order valence-corrected chi connectivity index (χ1v) is 11.2. The summed E-state index contributed by atoms with van der Waals surface area (Å²) in [6.07, 6.45) is 3.12. The standard InChI is InChI=1S/C23H19ClN2O5S/c1-31-20-11-2-16(3-12-20)4-15-22(27)17-5-9-19(10-6-17)25-23(28)26-32(29,30)21-13-7-18(24)8-14-21/h2-15H,1H3,(H2,25,26,28)/b15-4+. The lowest BCUT2D eigenvalue weighted by molar-refractivity contribution is 0.104. The molecule has 0 aromatic heterocycles. The van der Waals surface area contributed by atoms with Crippen LogP contribution in [0.1, 0.15) is 15.9 Å². The fourth-order valence-electron chi connectivity index (χ4n) is 2.65. The van der Waals surface area contributed by atoms with Crippen LogP contribution in [0.2, 0.25) is 5.02 Å². The lowest BCUT2D eigenvalue weighted by atomic mass is 10.1. The molecule has 0 aliphatic carbocycles. The van der Waals surface area contributed by atoms with E-state index < -0.39 is 16.1 Å². The summed E-state index contributed by atoms with van der Waals surface area (Å²) in [6, 6.07) is 17.8. The summed E-state index contributed by atoms with van der Waals surface area (Å²) in [7, 11) is -2.47. The second kappa shape index (κ2) is 10.1. The number of amides is 2. The smallest absolute Gasteiger partial charge is 0.333 e. The monoisotopic (exact) mass is 470 g/mol. The van der Waals surface area contributed by atoms with Crippen LogP contribution < -0.4 is 14.8 Å². The topological polar surface area (TPSA) is 102 Å². The van der Waals surface area contributed by atoms with Gasteiger partial charge in [-0.15, -0.1) is 0 Å². The molecule has 7 nitrogen and oxygen atoms in total. The number of anilines is 1. The van der Waals surface area contributed by atoms with E-state index in [9.17, 15) is 18.0 Å². The molecule has 0 saturated heterocycles. The van der Waals surface area contributed by atoms with Crippen LogP contribution in [0.3, 0.4) is 0 Å². The van der Waals surface area contributed by atoms with Crippen molar-refractivity contribution in [2.75, 3.05) is 12.4 Å². The molecule has 0 radical (unpaired) electrons. The Morgan fingerprint density at radius 1 is 0.906 bits per heavy atom. The number of rotatable bonds is 7. The quantitative estimate of drug-likeness (QED) is 0.383. The minimum atomic E-state index is -4.05. The number of ether oxygens (including phenoxy) is 1. The summed E-state index contributed by atoms with van der Waals surface area (Å²) in [5, 5.41) is 2.79. The van der Waals surface area contributed by atoms with E-state index in [-0.39, 0.29) is 10.7 Å². The van der Waals surface area contributed by atoms with Gasteiger partial charge in [0.1, 0.15) is 5.75 Å². The molecule has 0 unspecified atom stereocenters. The zero-order valence-electron chi connectivity index (χ0n) is 16.9. The van der Waals surface area contributed by atoms with Crippen molar-refractivity contribution in [1.29, 1.82) is 0 Å². The Balaban J connectivity index is 1.59. The molecule has 2 N–H and O–H groups in total. The van der Waals surface area contributed by atoms with E-state index in [4.69, 9.17) is 16.3 Å². The van der Waals surface area contributed by atoms with Gasteiger partial charge in [0.15, 0.2) is 5.78 Å².